The molecule has 0 atom stereocenters. The molecule has 0 saturated heterocycles. The van der Waals surface area contributed by atoms with Gasteiger partial charge in [0.1, 0.15) is 17.6 Å². The number of hydrogen-bond donors (Lipinski definition) is 1. The number of amides is 1. The highest BCUT2D eigenvalue weighted by molar-refractivity contribution is 6.06. The van der Waals surface area contributed by atoms with E-state index in [-0.39, 0.29) is 28.4 Å². The fourth-order valence-corrected chi connectivity index (χ4v) is 6.33. The van der Waals surface area contributed by atoms with Gasteiger partial charge in [-0.3, -0.25) is 29.7 Å². The zero-order valence-electron chi connectivity index (χ0n) is 17.5. The van der Waals surface area contributed by atoms with Crippen LogP contribution in [0.1, 0.15) is 49.0 Å². The number of nitrogens with one attached hydrogen (secondary N) is 1. The molecule has 1 amide bonds. The molecule has 4 bridgehead atoms. The molecule has 4 saturated carbocycles. The van der Waals surface area contributed by atoms with Crippen LogP contribution in [-0.2, 0) is 5.54 Å². The van der Waals surface area contributed by atoms with E-state index in [0.717, 1.165) is 19.3 Å². The molecule has 1 aromatic carbocycles. The number of rotatable bonds is 6. The van der Waals surface area contributed by atoms with Gasteiger partial charge in [0.25, 0.3) is 11.6 Å². The Morgan fingerprint density at radius 1 is 1.09 bits per heavy atom. The first-order valence-corrected chi connectivity index (χ1v) is 10.7. The maximum atomic E-state index is 13.0. The van der Waals surface area contributed by atoms with Crippen LogP contribution in [0.3, 0.4) is 0 Å². The van der Waals surface area contributed by atoms with E-state index in [9.17, 15) is 25.0 Å². The average molecular weight is 441 g/mol. The van der Waals surface area contributed by atoms with E-state index in [1.165, 1.54) is 50.8 Å². The number of carbonyl (C=O) groups excluding carboxylic acids is 1. The maximum Gasteiger partial charge on any atom is 0.320 e. The second kappa shape index (κ2) is 7.28. The standard InChI is InChI=1S/C21H23N5O6/c1-32-15-2-3-16(17(7-15)25(28)29)22-20(27)19-18(26(30)31)11-24(23-19)21-8-12-4-13(9-21)6-14(5-12)10-21/h2-3,7,11-14H,4-6,8-10H2,1H3,(H,22,27). The van der Waals surface area contributed by atoms with Gasteiger partial charge in [0, 0.05) is 0 Å². The largest absolute Gasteiger partial charge is 0.496 e. The summed E-state index contributed by atoms with van der Waals surface area (Å²) in [5, 5.41) is 30.0. The molecule has 11 heteroatoms. The molecule has 4 aliphatic carbocycles. The monoisotopic (exact) mass is 441 g/mol. The van der Waals surface area contributed by atoms with Crippen molar-refractivity contribution in [2.75, 3.05) is 12.4 Å². The number of nitro benzene ring substituents is 1. The van der Waals surface area contributed by atoms with Crippen LogP contribution < -0.4 is 10.1 Å². The quantitative estimate of drug-likeness (QED) is 0.529. The van der Waals surface area contributed by atoms with Crippen molar-refractivity contribution in [1.82, 2.24) is 9.78 Å². The normalized spacial score (nSPS) is 27.8. The van der Waals surface area contributed by atoms with Gasteiger partial charge >= 0.3 is 5.69 Å². The minimum absolute atomic E-state index is 0.0838. The highest BCUT2D eigenvalue weighted by Crippen LogP contribution is 2.58. The maximum absolute atomic E-state index is 13.0. The zero-order valence-corrected chi connectivity index (χ0v) is 17.5. The first-order chi connectivity index (χ1) is 15.3. The smallest absolute Gasteiger partial charge is 0.320 e. The molecule has 1 N–H and O–H groups in total. The van der Waals surface area contributed by atoms with E-state index in [1.54, 1.807) is 4.68 Å². The number of nitrogens with zero attached hydrogens (tertiary/aromatic N) is 4. The highest BCUT2D eigenvalue weighted by Gasteiger charge is 2.53. The summed E-state index contributed by atoms with van der Waals surface area (Å²) in [6.45, 7) is 0. The molecule has 1 aromatic heterocycles. The van der Waals surface area contributed by atoms with Gasteiger partial charge in [0.15, 0.2) is 0 Å². The summed E-state index contributed by atoms with van der Waals surface area (Å²) < 4.78 is 6.64. The highest BCUT2D eigenvalue weighted by atomic mass is 16.6. The summed E-state index contributed by atoms with van der Waals surface area (Å²) in [5.74, 6) is 1.21. The lowest BCUT2D eigenvalue weighted by atomic mass is 9.53. The van der Waals surface area contributed by atoms with Crippen LogP contribution in [-0.4, -0.2) is 32.6 Å². The predicted octanol–water partition coefficient (Wildman–Crippen LogP) is 3.89. The minimum Gasteiger partial charge on any atom is -0.496 e. The molecular formula is C21H23N5O6. The van der Waals surface area contributed by atoms with Crippen LogP contribution in [0.4, 0.5) is 17.1 Å². The van der Waals surface area contributed by atoms with E-state index in [1.807, 2.05) is 0 Å². The van der Waals surface area contributed by atoms with E-state index < -0.39 is 21.4 Å². The first kappa shape index (κ1) is 20.4. The van der Waals surface area contributed by atoms with Crippen molar-refractivity contribution >= 4 is 23.0 Å². The Labute approximate surface area is 183 Å². The van der Waals surface area contributed by atoms with Crippen molar-refractivity contribution < 1.29 is 19.4 Å². The molecule has 2 aromatic rings. The third kappa shape index (κ3) is 3.28. The molecule has 6 rings (SSSR count). The van der Waals surface area contributed by atoms with Crippen LogP contribution in [0.25, 0.3) is 0 Å². The lowest BCUT2D eigenvalue weighted by Gasteiger charge is -2.56. The van der Waals surface area contributed by atoms with Crippen molar-refractivity contribution in [3.63, 3.8) is 0 Å². The Hall–Kier alpha value is -3.50. The molecule has 0 spiro atoms. The van der Waals surface area contributed by atoms with Gasteiger partial charge < -0.3 is 10.1 Å². The molecule has 0 aliphatic heterocycles. The Morgan fingerprint density at radius 3 is 2.22 bits per heavy atom. The van der Waals surface area contributed by atoms with Crippen molar-refractivity contribution in [1.29, 1.82) is 0 Å². The SMILES string of the molecule is COc1ccc(NC(=O)c2nn(C34CC5CC(CC(C5)C3)C4)cc2[N+](=O)[O-])c([N+](=O)[O-])c1. The number of benzene rings is 1. The fourth-order valence-electron chi connectivity index (χ4n) is 6.33. The predicted molar refractivity (Wildman–Crippen MR) is 113 cm³/mol. The van der Waals surface area contributed by atoms with Crippen molar-refractivity contribution in [3.8, 4) is 5.75 Å². The third-order valence-electron chi connectivity index (χ3n) is 7.25. The molecule has 11 nitrogen and oxygen atoms in total. The minimum atomic E-state index is -0.853. The molecule has 4 aliphatic rings. The number of aromatic nitrogens is 2. The number of hydrogen-bond acceptors (Lipinski definition) is 7. The van der Waals surface area contributed by atoms with E-state index in [4.69, 9.17) is 4.74 Å². The summed E-state index contributed by atoms with van der Waals surface area (Å²) in [4.78, 5) is 34.8. The van der Waals surface area contributed by atoms with Gasteiger partial charge in [-0.25, -0.2) is 0 Å². The number of nitro groups is 2. The number of methoxy groups -OCH3 is 1. The number of anilines is 1. The summed E-state index contributed by atoms with van der Waals surface area (Å²) >= 11 is 0. The number of ether oxygens (including phenoxy) is 1. The summed E-state index contributed by atoms with van der Waals surface area (Å²) in [6, 6.07) is 3.97. The fraction of sp³-hybridized carbons (Fsp3) is 0.524. The van der Waals surface area contributed by atoms with Gasteiger partial charge in [-0.15, -0.1) is 0 Å². The summed E-state index contributed by atoms with van der Waals surface area (Å²) in [5.41, 5.74) is -1.48. The molecule has 0 unspecified atom stereocenters. The molecule has 168 valence electrons. The third-order valence-corrected chi connectivity index (χ3v) is 7.25. The second-order valence-electron chi connectivity index (χ2n) is 9.30. The van der Waals surface area contributed by atoms with E-state index in [0.29, 0.717) is 17.8 Å². The Balaban J connectivity index is 1.48. The van der Waals surface area contributed by atoms with Crippen LogP contribution in [0.5, 0.6) is 5.75 Å². The Kier molecular flexibility index (Phi) is 4.64. The van der Waals surface area contributed by atoms with Gasteiger partial charge in [0.05, 0.1) is 28.6 Å². The van der Waals surface area contributed by atoms with Crippen LogP contribution in [0, 0.1) is 38.0 Å². The van der Waals surface area contributed by atoms with Gasteiger partial charge in [-0.2, -0.15) is 5.10 Å². The Bertz CT molecular complexity index is 1090. The van der Waals surface area contributed by atoms with Crippen molar-refractivity contribution in [2.24, 2.45) is 17.8 Å². The first-order valence-electron chi connectivity index (χ1n) is 10.7. The second-order valence-corrected chi connectivity index (χ2v) is 9.30. The number of carbonyl (C=O) groups is 1. The molecular weight excluding hydrogens is 418 g/mol. The average Bonchev–Trinajstić information content (AvgIpc) is 3.20. The van der Waals surface area contributed by atoms with Gasteiger partial charge in [-0.1, -0.05) is 0 Å². The Morgan fingerprint density at radius 2 is 1.69 bits per heavy atom. The van der Waals surface area contributed by atoms with Gasteiger partial charge in [-0.05, 0) is 68.4 Å². The van der Waals surface area contributed by atoms with E-state index in [2.05, 4.69) is 10.4 Å². The lowest BCUT2D eigenvalue weighted by Crippen LogP contribution is -2.52. The summed E-state index contributed by atoms with van der Waals surface area (Å²) in [7, 11) is 1.37. The van der Waals surface area contributed by atoms with Crippen LogP contribution in [0.15, 0.2) is 24.4 Å². The molecule has 0 radical (unpaired) electrons. The molecule has 1 heterocycles. The van der Waals surface area contributed by atoms with Crippen molar-refractivity contribution in [3.05, 3.63) is 50.3 Å². The topological polar surface area (TPSA) is 142 Å². The van der Waals surface area contributed by atoms with Gasteiger partial charge in [0.2, 0.25) is 5.69 Å². The molecule has 4 fully saturated rings. The van der Waals surface area contributed by atoms with E-state index >= 15 is 0 Å². The zero-order chi connectivity index (χ0) is 22.6. The van der Waals surface area contributed by atoms with Crippen LogP contribution >= 0.6 is 0 Å². The molecule has 32 heavy (non-hydrogen) atoms. The van der Waals surface area contributed by atoms with Crippen LogP contribution in [0.2, 0.25) is 0 Å². The summed E-state index contributed by atoms with van der Waals surface area (Å²) in [6.07, 6.45) is 7.74. The lowest BCUT2D eigenvalue weighted by molar-refractivity contribution is -0.385. The van der Waals surface area contributed by atoms with Crippen molar-refractivity contribution in [2.45, 2.75) is 44.1 Å².